The number of aliphatic imine (C=N–C) groups is 1. The van der Waals surface area contributed by atoms with E-state index in [1.807, 2.05) is 60.7 Å². The summed E-state index contributed by atoms with van der Waals surface area (Å²) in [6, 6.07) is 23.1. The van der Waals surface area contributed by atoms with Crippen molar-refractivity contribution in [3.8, 4) is 5.88 Å². The van der Waals surface area contributed by atoms with Crippen molar-refractivity contribution in [1.29, 1.82) is 0 Å². The summed E-state index contributed by atoms with van der Waals surface area (Å²) in [5, 5.41) is 14.9. The number of hydrogen-bond donors (Lipinski definition) is 3. The van der Waals surface area contributed by atoms with E-state index in [4.69, 9.17) is 16.6 Å². The minimum atomic E-state index is -0.0338. The molecule has 0 fully saturated rings. The molecule has 0 atom stereocenters. The highest BCUT2D eigenvalue weighted by Gasteiger charge is 2.18. The normalized spacial score (nSPS) is 11.6. The molecule has 1 heterocycles. The number of aromatic amines is 1. The summed E-state index contributed by atoms with van der Waals surface area (Å²) in [6.45, 7) is 2.11. The summed E-state index contributed by atoms with van der Waals surface area (Å²) >= 11 is 6.12. The molecule has 0 bridgehead atoms. The Bertz CT molecular complexity index is 1250. The van der Waals surface area contributed by atoms with Crippen LogP contribution in [-0.4, -0.2) is 28.3 Å². The van der Waals surface area contributed by atoms with E-state index in [1.54, 1.807) is 12.1 Å². The largest absolute Gasteiger partial charge is 0.494 e. The smallest absolute Gasteiger partial charge is 0.216 e. The second-order valence-corrected chi connectivity index (χ2v) is 7.70. The number of rotatable bonds is 6. The van der Waals surface area contributed by atoms with Gasteiger partial charge < -0.3 is 15.4 Å². The van der Waals surface area contributed by atoms with Crippen molar-refractivity contribution in [2.24, 2.45) is 4.99 Å². The first kappa shape index (κ1) is 20.7. The highest BCUT2D eigenvalue weighted by molar-refractivity contribution is 6.31. The molecule has 4 aromatic rings. The van der Waals surface area contributed by atoms with E-state index in [-0.39, 0.29) is 11.8 Å². The van der Waals surface area contributed by atoms with E-state index in [2.05, 4.69) is 10.3 Å². The van der Waals surface area contributed by atoms with Gasteiger partial charge in [0.2, 0.25) is 5.91 Å². The molecule has 156 valence electrons. The third-order valence-corrected chi connectivity index (χ3v) is 5.22. The fourth-order valence-electron chi connectivity index (χ4n) is 3.51. The minimum Gasteiger partial charge on any atom is -0.494 e. The summed E-state index contributed by atoms with van der Waals surface area (Å²) in [5.41, 5.74) is 4.81. The van der Waals surface area contributed by atoms with Crippen LogP contribution in [0.5, 0.6) is 5.88 Å². The van der Waals surface area contributed by atoms with Crippen LogP contribution in [0.4, 0.5) is 5.69 Å². The van der Waals surface area contributed by atoms with Crippen LogP contribution in [0.2, 0.25) is 5.02 Å². The number of aromatic nitrogens is 1. The fourth-order valence-corrected chi connectivity index (χ4v) is 3.68. The number of amides is 1. The maximum atomic E-state index is 11.0. The standard InChI is InChI=1S/C25H22ClN3O2/c1-16(30)27-14-13-17-7-10-20(11-8-17)28-24(18-5-3-2-4-6-18)23-21-12-9-19(26)15-22(21)29-25(23)31/h2-12,15,29,31H,13-14H2,1H3,(H,27,30). The molecular formula is C25H22ClN3O2. The average molecular weight is 432 g/mol. The molecule has 0 spiro atoms. The molecule has 0 aliphatic carbocycles. The van der Waals surface area contributed by atoms with Gasteiger partial charge >= 0.3 is 0 Å². The average Bonchev–Trinajstić information content (AvgIpc) is 3.08. The fraction of sp³-hybridized carbons (Fsp3) is 0.120. The molecule has 6 heteroatoms. The first-order valence-electron chi connectivity index (χ1n) is 9.99. The number of nitrogens with one attached hydrogen (secondary N) is 2. The molecule has 4 rings (SSSR count). The minimum absolute atomic E-state index is 0.0338. The van der Waals surface area contributed by atoms with Gasteiger partial charge in [0.05, 0.1) is 22.5 Å². The Morgan fingerprint density at radius 1 is 1.06 bits per heavy atom. The Hall–Kier alpha value is -3.57. The molecule has 0 saturated carbocycles. The third kappa shape index (κ3) is 4.78. The quantitative estimate of drug-likeness (QED) is 0.359. The number of aromatic hydroxyl groups is 1. The number of hydrogen-bond acceptors (Lipinski definition) is 3. The van der Waals surface area contributed by atoms with Crippen LogP contribution in [0.25, 0.3) is 10.9 Å². The molecule has 5 nitrogen and oxygen atoms in total. The molecule has 31 heavy (non-hydrogen) atoms. The van der Waals surface area contributed by atoms with Crippen molar-refractivity contribution in [2.45, 2.75) is 13.3 Å². The first-order valence-corrected chi connectivity index (χ1v) is 10.4. The zero-order chi connectivity index (χ0) is 21.8. The number of carbonyl (C=O) groups excluding carboxylic acids is 1. The number of nitrogens with zero attached hydrogens (tertiary/aromatic N) is 1. The monoisotopic (exact) mass is 431 g/mol. The number of carbonyl (C=O) groups is 1. The van der Waals surface area contributed by atoms with Crippen LogP contribution in [-0.2, 0) is 11.2 Å². The van der Waals surface area contributed by atoms with E-state index in [0.29, 0.717) is 22.8 Å². The van der Waals surface area contributed by atoms with E-state index in [9.17, 15) is 9.90 Å². The molecular weight excluding hydrogens is 410 g/mol. The van der Waals surface area contributed by atoms with E-state index in [1.165, 1.54) is 6.92 Å². The maximum Gasteiger partial charge on any atom is 0.216 e. The van der Waals surface area contributed by atoms with E-state index >= 15 is 0 Å². The molecule has 0 aliphatic heterocycles. The van der Waals surface area contributed by atoms with Crippen LogP contribution >= 0.6 is 11.6 Å². The SMILES string of the molecule is CC(=O)NCCc1ccc(N=C(c2ccccc2)c2c(O)[nH]c3cc(Cl)ccc23)cc1. The van der Waals surface area contributed by atoms with Gasteiger partial charge in [-0.3, -0.25) is 4.79 Å². The van der Waals surface area contributed by atoms with Gasteiger partial charge in [0.15, 0.2) is 5.88 Å². The summed E-state index contributed by atoms with van der Waals surface area (Å²) in [5.74, 6) is 0.0142. The molecule has 1 aromatic heterocycles. The first-order chi connectivity index (χ1) is 15.0. The zero-order valence-electron chi connectivity index (χ0n) is 17.0. The lowest BCUT2D eigenvalue weighted by Crippen LogP contribution is -2.22. The Kier molecular flexibility index (Phi) is 6.05. The number of fused-ring (bicyclic) bond motifs is 1. The van der Waals surface area contributed by atoms with Crippen LogP contribution in [0.1, 0.15) is 23.6 Å². The van der Waals surface area contributed by atoms with Gasteiger partial charge in [-0.15, -0.1) is 0 Å². The van der Waals surface area contributed by atoms with Crippen molar-refractivity contribution in [1.82, 2.24) is 10.3 Å². The predicted octanol–water partition coefficient (Wildman–Crippen LogP) is 5.37. The Morgan fingerprint density at radius 2 is 1.81 bits per heavy atom. The van der Waals surface area contributed by atoms with Crippen LogP contribution in [0.3, 0.4) is 0 Å². The van der Waals surface area contributed by atoms with Gasteiger partial charge in [0.25, 0.3) is 0 Å². The Labute approximate surface area is 185 Å². The van der Waals surface area contributed by atoms with Gasteiger partial charge in [0, 0.05) is 29.4 Å². The highest BCUT2D eigenvalue weighted by atomic mass is 35.5. The van der Waals surface area contributed by atoms with Crippen LogP contribution in [0, 0.1) is 0 Å². The van der Waals surface area contributed by atoms with Gasteiger partial charge in [-0.05, 0) is 36.2 Å². The molecule has 0 radical (unpaired) electrons. The van der Waals surface area contributed by atoms with Crippen molar-refractivity contribution in [2.75, 3.05) is 6.54 Å². The third-order valence-electron chi connectivity index (χ3n) is 4.99. The summed E-state index contributed by atoms with van der Waals surface area (Å²) < 4.78 is 0. The van der Waals surface area contributed by atoms with E-state index < -0.39 is 0 Å². The molecule has 3 aromatic carbocycles. The number of H-pyrrole nitrogens is 1. The lowest BCUT2D eigenvalue weighted by atomic mass is 10.0. The van der Waals surface area contributed by atoms with Gasteiger partial charge in [0.1, 0.15) is 0 Å². The summed E-state index contributed by atoms with van der Waals surface area (Å²) in [6.07, 6.45) is 0.749. The summed E-state index contributed by atoms with van der Waals surface area (Å²) in [7, 11) is 0. The Balaban J connectivity index is 1.74. The van der Waals surface area contributed by atoms with Crippen molar-refractivity contribution in [3.05, 3.63) is 94.5 Å². The maximum absolute atomic E-state index is 11.0. The van der Waals surface area contributed by atoms with E-state index in [0.717, 1.165) is 34.1 Å². The lowest BCUT2D eigenvalue weighted by Gasteiger charge is -2.08. The molecule has 0 unspecified atom stereocenters. The topological polar surface area (TPSA) is 77.5 Å². The van der Waals surface area contributed by atoms with Gasteiger partial charge in [-0.25, -0.2) is 4.99 Å². The highest BCUT2D eigenvalue weighted by Crippen LogP contribution is 2.32. The molecule has 0 saturated heterocycles. The van der Waals surface area contributed by atoms with Gasteiger partial charge in [-0.2, -0.15) is 0 Å². The second kappa shape index (κ2) is 9.06. The van der Waals surface area contributed by atoms with Gasteiger partial charge in [-0.1, -0.05) is 60.1 Å². The van der Waals surface area contributed by atoms with Crippen molar-refractivity contribution in [3.63, 3.8) is 0 Å². The zero-order valence-corrected chi connectivity index (χ0v) is 17.8. The number of halogens is 1. The van der Waals surface area contributed by atoms with Crippen LogP contribution < -0.4 is 5.32 Å². The Morgan fingerprint density at radius 3 is 2.52 bits per heavy atom. The molecule has 0 aliphatic rings. The number of benzene rings is 3. The second-order valence-electron chi connectivity index (χ2n) is 7.26. The van der Waals surface area contributed by atoms with Crippen LogP contribution in [0.15, 0.2) is 77.8 Å². The summed E-state index contributed by atoms with van der Waals surface area (Å²) in [4.78, 5) is 18.9. The van der Waals surface area contributed by atoms with Crippen molar-refractivity contribution < 1.29 is 9.90 Å². The van der Waals surface area contributed by atoms with Crippen molar-refractivity contribution >= 4 is 39.8 Å². The predicted molar refractivity (Wildman–Crippen MR) is 126 cm³/mol. The lowest BCUT2D eigenvalue weighted by molar-refractivity contribution is -0.118. The molecule has 3 N–H and O–H groups in total. The molecule has 1 amide bonds.